The molecule has 9 heteroatoms. The molecular weight excluding hydrogens is 439 g/mol. The van der Waals surface area contributed by atoms with Crippen LogP contribution < -0.4 is 14.8 Å². The summed E-state index contributed by atoms with van der Waals surface area (Å²) in [7, 11) is 1.54. The lowest BCUT2D eigenvalue weighted by atomic mass is 9.90. The molecule has 1 amide bonds. The Labute approximate surface area is 191 Å². The van der Waals surface area contributed by atoms with Gasteiger partial charge in [-0.05, 0) is 37.1 Å². The van der Waals surface area contributed by atoms with E-state index in [1.807, 2.05) is 26.0 Å². The number of carbonyl (C=O) groups is 1. The Bertz CT molecular complexity index is 969. The average Bonchev–Trinajstić information content (AvgIpc) is 2.78. The van der Waals surface area contributed by atoms with E-state index in [4.69, 9.17) is 18.9 Å². The Kier molecular flexibility index (Phi) is 7.54. The van der Waals surface area contributed by atoms with Crippen molar-refractivity contribution in [1.29, 1.82) is 0 Å². The maximum absolute atomic E-state index is 13.5. The van der Waals surface area contributed by atoms with Crippen LogP contribution in [0.1, 0.15) is 38.2 Å². The van der Waals surface area contributed by atoms with E-state index in [0.717, 1.165) is 6.07 Å². The van der Waals surface area contributed by atoms with Crippen LogP contribution in [0.2, 0.25) is 0 Å². The molecule has 6 nitrogen and oxygen atoms in total. The van der Waals surface area contributed by atoms with Crippen LogP contribution in [0.25, 0.3) is 0 Å². The zero-order chi connectivity index (χ0) is 24.2. The molecule has 0 aliphatic carbocycles. The Morgan fingerprint density at radius 1 is 1.15 bits per heavy atom. The minimum Gasteiger partial charge on any atom is -0.496 e. The molecule has 2 aromatic carbocycles. The van der Waals surface area contributed by atoms with Gasteiger partial charge < -0.3 is 24.3 Å². The second-order valence-corrected chi connectivity index (χ2v) is 8.62. The van der Waals surface area contributed by atoms with Gasteiger partial charge in [-0.3, -0.25) is 4.79 Å². The molecule has 0 atom stereocenters. The highest BCUT2D eigenvalue weighted by atomic mass is 19.4. The zero-order valence-electron chi connectivity index (χ0n) is 19.0. The molecule has 1 N–H and O–H groups in total. The van der Waals surface area contributed by atoms with Crippen molar-refractivity contribution in [2.75, 3.05) is 32.2 Å². The minimum absolute atomic E-state index is 0.0114. The third-order valence-corrected chi connectivity index (χ3v) is 5.16. The molecular formula is C24H28F3NO5. The maximum Gasteiger partial charge on any atom is 0.420 e. The summed E-state index contributed by atoms with van der Waals surface area (Å²) >= 11 is 0. The van der Waals surface area contributed by atoms with Gasteiger partial charge in [-0.2, -0.15) is 13.2 Å². The monoisotopic (exact) mass is 467 g/mol. The minimum atomic E-state index is -4.63. The summed E-state index contributed by atoms with van der Waals surface area (Å²) in [4.78, 5) is 12.9. The van der Waals surface area contributed by atoms with Gasteiger partial charge in [-0.25, -0.2) is 0 Å². The van der Waals surface area contributed by atoms with Crippen molar-refractivity contribution < 1.29 is 36.9 Å². The molecule has 0 unspecified atom stereocenters. The number of nitrogens with one attached hydrogen (secondary N) is 1. The molecule has 1 aliphatic heterocycles. The first-order valence-electron chi connectivity index (χ1n) is 10.5. The van der Waals surface area contributed by atoms with Gasteiger partial charge in [-0.15, -0.1) is 0 Å². The van der Waals surface area contributed by atoms with Crippen LogP contribution in [0.4, 0.5) is 18.9 Å². The molecule has 1 aliphatic rings. The fourth-order valence-corrected chi connectivity index (χ4v) is 3.27. The third-order valence-electron chi connectivity index (χ3n) is 5.16. The van der Waals surface area contributed by atoms with Gasteiger partial charge in [0.25, 0.3) is 0 Å². The zero-order valence-corrected chi connectivity index (χ0v) is 19.0. The van der Waals surface area contributed by atoms with E-state index in [-0.39, 0.29) is 37.2 Å². The molecule has 0 bridgehead atoms. The third kappa shape index (κ3) is 5.97. The van der Waals surface area contributed by atoms with Crippen molar-refractivity contribution in [1.82, 2.24) is 0 Å². The van der Waals surface area contributed by atoms with Crippen molar-refractivity contribution in [2.45, 2.75) is 33.2 Å². The van der Waals surface area contributed by atoms with Gasteiger partial charge in [0.15, 0.2) is 6.29 Å². The number of halogens is 3. The Hall–Kier alpha value is -2.78. The van der Waals surface area contributed by atoms with Gasteiger partial charge >= 0.3 is 6.18 Å². The van der Waals surface area contributed by atoms with E-state index in [2.05, 4.69) is 5.32 Å². The number of carbonyl (C=O) groups excluding carboxylic acids is 1. The van der Waals surface area contributed by atoms with Gasteiger partial charge in [0.05, 0.1) is 37.9 Å². The number of para-hydroxylation sites is 1. The summed E-state index contributed by atoms with van der Waals surface area (Å²) in [5.41, 5.74) is -1.34. The lowest BCUT2D eigenvalue weighted by Crippen LogP contribution is -2.45. The molecule has 0 radical (unpaired) electrons. The summed E-state index contributed by atoms with van der Waals surface area (Å²) < 4.78 is 62.8. The Morgan fingerprint density at radius 2 is 1.82 bits per heavy atom. The van der Waals surface area contributed by atoms with Gasteiger partial charge in [0.2, 0.25) is 5.91 Å². The molecule has 0 spiro atoms. The quantitative estimate of drug-likeness (QED) is 0.588. The molecule has 1 fully saturated rings. The van der Waals surface area contributed by atoms with Crippen molar-refractivity contribution in [3.8, 4) is 11.5 Å². The fraction of sp³-hybridized carbons (Fsp3) is 0.458. The molecule has 180 valence electrons. The Balaban J connectivity index is 1.70. The van der Waals surface area contributed by atoms with Crippen LogP contribution in [-0.4, -0.2) is 32.8 Å². The summed E-state index contributed by atoms with van der Waals surface area (Å²) in [6.07, 6.45) is -5.34. The van der Waals surface area contributed by atoms with E-state index in [1.165, 1.54) is 19.2 Å². The number of alkyl halides is 3. The second kappa shape index (κ2) is 10.0. The first-order chi connectivity index (χ1) is 15.5. The van der Waals surface area contributed by atoms with Crippen LogP contribution >= 0.6 is 0 Å². The van der Waals surface area contributed by atoms with E-state index < -0.39 is 29.4 Å². The predicted molar refractivity (Wildman–Crippen MR) is 116 cm³/mol. The number of anilines is 1. The van der Waals surface area contributed by atoms with Crippen LogP contribution in [0.15, 0.2) is 42.5 Å². The second-order valence-electron chi connectivity index (χ2n) is 8.62. The highest BCUT2D eigenvalue weighted by Gasteiger charge is 2.41. The van der Waals surface area contributed by atoms with Crippen LogP contribution in [0.5, 0.6) is 11.5 Å². The van der Waals surface area contributed by atoms with Crippen LogP contribution in [-0.2, 0) is 20.4 Å². The van der Waals surface area contributed by atoms with Crippen LogP contribution in [0.3, 0.4) is 0 Å². The Morgan fingerprint density at radius 3 is 2.42 bits per heavy atom. The van der Waals surface area contributed by atoms with Crippen molar-refractivity contribution in [3.63, 3.8) is 0 Å². The molecule has 1 heterocycles. The van der Waals surface area contributed by atoms with E-state index in [9.17, 15) is 18.0 Å². The fourth-order valence-electron chi connectivity index (χ4n) is 3.27. The van der Waals surface area contributed by atoms with E-state index in [1.54, 1.807) is 19.1 Å². The number of ether oxygens (including phenoxy) is 4. The first kappa shape index (κ1) is 24.9. The lowest BCUT2D eigenvalue weighted by molar-refractivity contribution is -0.226. The molecule has 3 rings (SSSR count). The van der Waals surface area contributed by atoms with E-state index in [0.29, 0.717) is 11.3 Å². The summed E-state index contributed by atoms with van der Waals surface area (Å²) in [5, 5.41) is 2.55. The normalized spacial score (nSPS) is 21.0. The molecule has 0 saturated carbocycles. The SMILES string of the molecule is COc1ccccc1C1OCC(C)(C(=O)Nc2ccc(OCC(C)C)c(C(F)(F)F)c2)CO1. The van der Waals surface area contributed by atoms with Crippen LogP contribution in [0, 0.1) is 11.3 Å². The topological polar surface area (TPSA) is 66.0 Å². The standard InChI is InChI=1S/C24H28F3NO5/c1-15(2)12-31-20-10-9-16(11-18(20)24(25,26)27)28-22(29)23(3)13-32-21(33-14-23)17-7-5-6-8-19(17)30-4/h5-11,15,21H,12-14H2,1-4H3,(H,28,29). The van der Waals surface area contributed by atoms with E-state index >= 15 is 0 Å². The summed E-state index contributed by atoms with van der Waals surface area (Å²) in [6, 6.07) is 10.7. The molecule has 2 aromatic rings. The number of methoxy groups -OCH3 is 1. The van der Waals surface area contributed by atoms with Gasteiger partial charge in [0, 0.05) is 11.3 Å². The number of rotatable bonds is 7. The largest absolute Gasteiger partial charge is 0.496 e. The predicted octanol–water partition coefficient (Wildman–Crippen LogP) is 5.44. The highest BCUT2D eigenvalue weighted by Crippen LogP contribution is 2.39. The number of hydrogen-bond acceptors (Lipinski definition) is 5. The van der Waals surface area contributed by atoms with Crippen molar-refractivity contribution >= 4 is 11.6 Å². The smallest absolute Gasteiger partial charge is 0.420 e. The molecule has 0 aromatic heterocycles. The first-order valence-corrected chi connectivity index (χ1v) is 10.5. The van der Waals surface area contributed by atoms with Gasteiger partial charge in [-0.1, -0.05) is 32.0 Å². The number of amides is 1. The molecule has 1 saturated heterocycles. The lowest BCUT2D eigenvalue weighted by Gasteiger charge is -2.36. The number of benzene rings is 2. The van der Waals surface area contributed by atoms with Crippen molar-refractivity contribution in [2.24, 2.45) is 11.3 Å². The maximum atomic E-state index is 13.5. The molecule has 33 heavy (non-hydrogen) atoms. The summed E-state index contributed by atoms with van der Waals surface area (Å²) in [5.74, 6) is -0.124. The average molecular weight is 467 g/mol. The summed E-state index contributed by atoms with van der Waals surface area (Å²) in [6.45, 7) is 5.50. The number of hydrogen-bond donors (Lipinski definition) is 1. The highest BCUT2D eigenvalue weighted by molar-refractivity contribution is 5.95. The van der Waals surface area contributed by atoms with Gasteiger partial charge in [0.1, 0.15) is 11.5 Å². The van der Waals surface area contributed by atoms with Crippen molar-refractivity contribution in [3.05, 3.63) is 53.6 Å².